The van der Waals surface area contributed by atoms with Crippen molar-refractivity contribution in [2.24, 2.45) is 0 Å². The molecule has 132 valence electrons. The van der Waals surface area contributed by atoms with Crippen LogP contribution in [0.25, 0.3) is 0 Å². The average molecular weight is 341 g/mol. The molecule has 5 nitrogen and oxygen atoms in total. The van der Waals surface area contributed by atoms with Crippen LogP contribution in [0.3, 0.4) is 0 Å². The van der Waals surface area contributed by atoms with Crippen LogP contribution in [0.4, 0.5) is 0 Å². The maximum absolute atomic E-state index is 12.2. The molecule has 2 aromatic rings. The Morgan fingerprint density at radius 2 is 1.52 bits per heavy atom. The lowest BCUT2D eigenvalue weighted by Gasteiger charge is -2.28. The molecule has 0 fully saturated rings. The number of amides is 1. The summed E-state index contributed by atoms with van der Waals surface area (Å²) in [5.41, 5.74) is 2.00. The maximum atomic E-state index is 12.2. The van der Waals surface area contributed by atoms with E-state index in [0.29, 0.717) is 12.8 Å². The molecule has 0 radical (unpaired) electrons. The monoisotopic (exact) mass is 341 g/mol. The number of aryl methyl sites for hydroxylation is 1. The summed E-state index contributed by atoms with van der Waals surface area (Å²) in [6.45, 7) is 1.59. The third-order valence-corrected chi connectivity index (χ3v) is 3.83. The quantitative estimate of drug-likeness (QED) is 0.547. The number of carbonyl (C=O) groups is 2. The maximum Gasteiger partial charge on any atom is 0.331 e. The smallest absolute Gasteiger partial charge is 0.331 e. The number of hydrogen-bond acceptors (Lipinski definition) is 4. The minimum Gasteiger partial charge on any atom is -0.467 e. The third kappa shape index (κ3) is 5.72. The second-order valence-electron chi connectivity index (χ2n) is 5.67. The molecule has 0 spiro atoms. The Bertz CT molecular complexity index is 673. The summed E-state index contributed by atoms with van der Waals surface area (Å²) in [6.07, 6.45) is 1.06. The second-order valence-corrected chi connectivity index (χ2v) is 5.67. The molecule has 1 amide bonds. The van der Waals surface area contributed by atoms with E-state index in [2.05, 4.69) is 0 Å². The van der Waals surface area contributed by atoms with Gasteiger partial charge in [0.15, 0.2) is 6.04 Å². The zero-order chi connectivity index (χ0) is 18.1. The van der Waals surface area contributed by atoms with Gasteiger partial charge in [-0.25, -0.2) is 9.86 Å². The van der Waals surface area contributed by atoms with Gasteiger partial charge in [0, 0.05) is 6.92 Å². The Balaban J connectivity index is 2.07. The third-order valence-electron chi connectivity index (χ3n) is 3.83. The van der Waals surface area contributed by atoms with E-state index in [4.69, 9.17) is 9.57 Å². The van der Waals surface area contributed by atoms with Gasteiger partial charge in [-0.2, -0.15) is 0 Å². The molecule has 0 aliphatic carbocycles. The fourth-order valence-corrected chi connectivity index (χ4v) is 2.53. The SMILES string of the molecule is COC(=O)C(CCc1ccccc1)N(OCc1ccccc1)C(C)=O. The molecule has 1 atom stereocenters. The molecule has 0 aliphatic heterocycles. The lowest BCUT2D eigenvalue weighted by Crippen LogP contribution is -2.44. The van der Waals surface area contributed by atoms with Gasteiger partial charge in [-0.05, 0) is 24.0 Å². The van der Waals surface area contributed by atoms with Crippen molar-refractivity contribution in [2.45, 2.75) is 32.4 Å². The van der Waals surface area contributed by atoms with Gasteiger partial charge in [0.2, 0.25) is 5.91 Å². The summed E-state index contributed by atoms with van der Waals surface area (Å²) in [6, 6.07) is 18.5. The predicted octanol–water partition coefficient (Wildman–Crippen LogP) is 3.14. The van der Waals surface area contributed by atoms with E-state index >= 15 is 0 Å². The van der Waals surface area contributed by atoms with E-state index in [1.807, 2.05) is 60.7 Å². The van der Waals surface area contributed by atoms with Gasteiger partial charge < -0.3 is 4.74 Å². The molecule has 0 saturated carbocycles. The first-order valence-corrected chi connectivity index (χ1v) is 8.20. The fourth-order valence-electron chi connectivity index (χ4n) is 2.53. The normalized spacial score (nSPS) is 11.6. The first-order chi connectivity index (χ1) is 12.1. The molecular weight excluding hydrogens is 318 g/mol. The van der Waals surface area contributed by atoms with Crippen LogP contribution in [-0.2, 0) is 32.2 Å². The minimum absolute atomic E-state index is 0.208. The molecule has 0 saturated heterocycles. The van der Waals surface area contributed by atoms with Gasteiger partial charge in [-0.3, -0.25) is 9.63 Å². The van der Waals surface area contributed by atoms with Crippen molar-refractivity contribution in [3.8, 4) is 0 Å². The molecule has 0 N–H and O–H groups in total. The van der Waals surface area contributed by atoms with Crippen LogP contribution in [0.15, 0.2) is 60.7 Å². The lowest BCUT2D eigenvalue weighted by atomic mass is 10.1. The number of carbonyl (C=O) groups excluding carboxylic acids is 2. The minimum atomic E-state index is -0.786. The lowest BCUT2D eigenvalue weighted by molar-refractivity contribution is -0.211. The summed E-state index contributed by atoms with van der Waals surface area (Å²) in [5.74, 6) is -0.821. The van der Waals surface area contributed by atoms with Gasteiger partial charge in [-0.1, -0.05) is 60.7 Å². The number of benzene rings is 2. The van der Waals surface area contributed by atoms with Crippen LogP contribution >= 0.6 is 0 Å². The number of methoxy groups -OCH3 is 1. The van der Waals surface area contributed by atoms with E-state index in [1.54, 1.807) is 0 Å². The number of rotatable bonds is 8. The van der Waals surface area contributed by atoms with Crippen molar-refractivity contribution < 1.29 is 19.2 Å². The molecule has 1 unspecified atom stereocenters. The Morgan fingerprint density at radius 1 is 0.960 bits per heavy atom. The highest BCUT2D eigenvalue weighted by atomic mass is 16.7. The zero-order valence-electron chi connectivity index (χ0n) is 14.6. The topological polar surface area (TPSA) is 55.8 Å². The summed E-state index contributed by atoms with van der Waals surface area (Å²) < 4.78 is 4.87. The Morgan fingerprint density at radius 3 is 2.04 bits per heavy atom. The van der Waals surface area contributed by atoms with E-state index in [0.717, 1.165) is 16.2 Å². The van der Waals surface area contributed by atoms with Crippen molar-refractivity contribution in [1.82, 2.24) is 5.06 Å². The van der Waals surface area contributed by atoms with Crippen molar-refractivity contribution >= 4 is 11.9 Å². The van der Waals surface area contributed by atoms with Crippen molar-refractivity contribution in [1.29, 1.82) is 0 Å². The highest BCUT2D eigenvalue weighted by Crippen LogP contribution is 2.14. The van der Waals surface area contributed by atoms with Crippen LogP contribution in [-0.4, -0.2) is 30.1 Å². The number of nitrogens with zero attached hydrogens (tertiary/aromatic N) is 1. The van der Waals surface area contributed by atoms with Crippen molar-refractivity contribution in [3.05, 3.63) is 71.8 Å². The Kier molecular flexibility index (Phi) is 7.16. The Hall–Kier alpha value is -2.66. The van der Waals surface area contributed by atoms with Crippen LogP contribution in [0.2, 0.25) is 0 Å². The fraction of sp³-hybridized carbons (Fsp3) is 0.300. The second kappa shape index (κ2) is 9.59. The largest absolute Gasteiger partial charge is 0.467 e. The zero-order valence-corrected chi connectivity index (χ0v) is 14.6. The molecule has 2 rings (SSSR count). The van der Waals surface area contributed by atoms with Gasteiger partial charge in [0.05, 0.1) is 7.11 Å². The van der Waals surface area contributed by atoms with Crippen LogP contribution in [0, 0.1) is 0 Å². The van der Waals surface area contributed by atoms with Crippen LogP contribution in [0.1, 0.15) is 24.5 Å². The van der Waals surface area contributed by atoms with E-state index in [1.165, 1.54) is 14.0 Å². The van der Waals surface area contributed by atoms with E-state index < -0.39 is 12.0 Å². The summed E-state index contributed by atoms with van der Waals surface area (Å²) in [7, 11) is 1.31. The number of esters is 1. The van der Waals surface area contributed by atoms with Gasteiger partial charge in [0.1, 0.15) is 6.61 Å². The highest BCUT2D eigenvalue weighted by Gasteiger charge is 2.30. The van der Waals surface area contributed by atoms with E-state index in [-0.39, 0.29) is 12.5 Å². The predicted molar refractivity (Wildman–Crippen MR) is 94.3 cm³/mol. The molecule has 25 heavy (non-hydrogen) atoms. The molecule has 2 aromatic carbocycles. The van der Waals surface area contributed by atoms with Crippen molar-refractivity contribution in [2.75, 3.05) is 7.11 Å². The molecule has 5 heteroatoms. The average Bonchev–Trinajstić information content (AvgIpc) is 2.65. The Labute approximate surface area is 148 Å². The standard InChI is InChI=1S/C20H23NO4/c1-16(22)21(25-15-18-11-7-4-8-12-18)19(20(23)24-2)14-13-17-9-5-3-6-10-17/h3-12,19H,13-15H2,1-2H3. The van der Waals surface area contributed by atoms with Gasteiger partial charge >= 0.3 is 5.97 Å². The number of hydroxylamine groups is 2. The highest BCUT2D eigenvalue weighted by molar-refractivity contribution is 5.82. The molecule has 0 aliphatic rings. The molecule has 0 heterocycles. The molecule has 0 bridgehead atoms. The van der Waals surface area contributed by atoms with Gasteiger partial charge in [-0.15, -0.1) is 0 Å². The summed E-state index contributed by atoms with van der Waals surface area (Å²) in [5, 5.41) is 1.13. The number of ether oxygens (including phenoxy) is 1. The van der Waals surface area contributed by atoms with E-state index in [9.17, 15) is 9.59 Å². The van der Waals surface area contributed by atoms with Crippen LogP contribution < -0.4 is 0 Å². The number of hydrogen-bond donors (Lipinski definition) is 0. The molecule has 0 aromatic heterocycles. The summed E-state index contributed by atoms with van der Waals surface area (Å²) in [4.78, 5) is 29.9. The first-order valence-electron chi connectivity index (χ1n) is 8.20. The van der Waals surface area contributed by atoms with Crippen molar-refractivity contribution in [3.63, 3.8) is 0 Å². The van der Waals surface area contributed by atoms with Gasteiger partial charge in [0.25, 0.3) is 0 Å². The summed E-state index contributed by atoms with van der Waals surface area (Å²) >= 11 is 0. The van der Waals surface area contributed by atoms with Crippen LogP contribution in [0.5, 0.6) is 0 Å². The first kappa shape index (κ1) is 18.7. The molecular formula is C20H23NO4.